The minimum atomic E-state index is 0. The van der Waals surface area contributed by atoms with Crippen molar-refractivity contribution in [2.24, 2.45) is 5.92 Å². The van der Waals surface area contributed by atoms with Crippen molar-refractivity contribution in [2.75, 3.05) is 26.2 Å². The first kappa shape index (κ1) is 17.7. The number of piperidine rings is 1. The second-order valence-electron chi connectivity index (χ2n) is 6.06. The van der Waals surface area contributed by atoms with Crippen molar-refractivity contribution < 1.29 is 0 Å². The first-order valence-corrected chi connectivity index (χ1v) is 8.85. The van der Waals surface area contributed by atoms with Gasteiger partial charge < -0.3 is 5.32 Å². The number of thiazole rings is 1. The molecule has 0 amide bonds. The molecule has 0 aliphatic carbocycles. The van der Waals surface area contributed by atoms with Crippen molar-refractivity contribution in [1.82, 2.24) is 15.2 Å². The van der Waals surface area contributed by atoms with E-state index in [0.29, 0.717) is 0 Å². The maximum atomic E-state index is 4.54. The SMILES string of the molecule is CCNCC1CCN(Cc2ccc3nc(C)sc3c2)CC1.Cl. The Morgan fingerprint density at radius 1 is 1.32 bits per heavy atom. The molecule has 2 heterocycles. The molecule has 2 aromatic rings. The average Bonchev–Trinajstić information content (AvgIpc) is 2.86. The fraction of sp³-hybridized carbons (Fsp3) is 0.588. The molecule has 0 saturated carbocycles. The Balaban J connectivity index is 0.00000176. The van der Waals surface area contributed by atoms with Gasteiger partial charge in [0.05, 0.1) is 15.2 Å². The summed E-state index contributed by atoms with van der Waals surface area (Å²) in [7, 11) is 0. The summed E-state index contributed by atoms with van der Waals surface area (Å²) in [6.45, 7) is 10.1. The van der Waals surface area contributed by atoms with E-state index in [1.165, 1.54) is 42.7 Å². The highest BCUT2D eigenvalue weighted by Gasteiger charge is 2.18. The third-order valence-corrected chi connectivity index (χ3v) is 5.29. The van der Waals surface area contributed by atoms with Gasteiger partial charge >= 0.3 is 0 Å². The van der Waals surface area contributed by atoms with E-state index in [9.17, 15) is 0 Å². The summed E-state index contributed by atoms with van der Waals surface area (Å²) < 4.78 is 1.33. The molecule has 22 heavy (non-hydrogen) atoms. The predicted octanol–water partition coefficient (Wildman–Crippen LogP) is 3.85. The number of halogens is 1. The number of hydrogen-bond acceptors (Lipinski definition) is 4. The smallest absolute Gasteiger partial charge is 0.0907 e. The van der Waals surface area contributed by atoms with Crippen molar-refractivity contribution in [3.05, 3.63) is 28.8 Å². The van der Waals surface area contributed by atoms with Crippen molar-refractivity contribution >= 4 is 34.0 Å². The van der Waals surface area contributed by atoms with Crippen LogP contribution in [0.5, 0.6) is 0 Å². The van der Waals surface area contributed by atoms with Crippen molar-refractivity contribution in [3.63, 3.8) is 0 Å². The van der Waals surface area contributed by atoms with Gasteiger partial charge in [-0.3, -0.25) is 4.90 Å². The predicted molar refractivity (Wildman–Crippen MR) is 98.1 cm³/mol. The number of aromatic nitrogens is 1. The van der Waals surface area contributed by atoms with Gasteiger partial charge in [-0.25, -0.2) is 4.98 Å². The van der Waals surface area contributed by atoms with E-state index in [4.69, 9.17) is 0 Å². The van der Waals surface area contributed by atoms with Gasteiger partial charge in [-0.1, -0.05) is 13.0 Å². The van der Waals surface area contributed by atoms with E-state index in [-0.39, 0.29) is 12.4 Å². The van der Waals surface area contributed by atoms with Crippen LogP contribution in [0.25, 0.3) is 10.2 Å². The topological polar surface area (TPSA) is 28.2 Å². The van der Waals surface area contributed by atoms with Gasteiger partial charge in [0, 0.05) is 6.54 Å². The number of benzene rings is 1. The third-order valence-electron chi connectivity index (χ3n) is 4.36. The zero-order chi connectivity index (χ0) is 14.7. The standard InChI is InChI=1S/C17H25N3S.ClH/c1-3-18-11-14-6-8-20(9-7-14)12-15-4-5-16-17(10-15)21-13(2)19-16;/h4-5,10,14,18H,3,6-9,11-12H2,1-2H3;1H. The molecular weight excluding hydrogens is 314 g/mol. The van der Waals surface area contributed by atoms with Crippen LogP contribution in [0.15, 0.2) is 18.2 Å². The van der Waals surface area contributed by atoms with Crippen LogP contribution in [0.3, 0.4) is 0 Å². The fourth-order valence-electron chi connectivity index (χ4n) is 3.14. The molecule has 3 rings (SSSR count). The molecule has 1 aliphatic rings. The Morgan fingerprint density at radius 2 is 2.09 bits per heavy atom. The number of fused-ring (bicyclic) bond motifs is 1. The van der Waals surface area contributed by atoms with Gasteiger partial charge in [-0.2, -0.15) is 0 Å². The molecule has 1 aliphatic heterocycles. The number of rotatable bonds is 5. The molecule has 5 heteroatoms. The lowest BCUT2D eigenvalue weighted by molar-refractivity contribution is 0.176. The van der Waals surface area contributed by atoms with Crippen LogP contribution in [-0.4, -0.2) is 36.1 Å². The number of nitrogens with zero attached hydrogens (tertiary/aromatic N) is 2. The quantitative estimate of drug-likeness (QED) is 0.896. The summed E-state index contributed by atoms with van der Waals surface area (Å²) >= 11 is 1.80. The first-order valence-electron chi connectivity index (χ1n) is 8.03. The molecule has 3 nitrogen and oxygen atoms in total. The number of likely N-dealkylation sites (tertiary alicyclic amines) is 1. The fourth-order valence-corrected chi connectivity index (χ4v) is 4.03. The molecule has 1 fully saturated rings. The Labute approximate surface area is 143 Å². The lowest BCUT2D eigenvalue weighted by Gasteiger charge is -2.32. The van der Waals surface area contributed by atoms with E-state index in [2.05, 4.69) is 47.2 Å². The Kier molecular flexibility index (Phi) is 6.63. The molecule has 0 unspecified atom stereocenters. The van der Waals surface area contributed by atoms with Gasteiger partial charge in [0.1, 0.15) is 0 Å². The van der Waals surface area contributed by atoms with Crippen LogP contribution in [0.1, 0.15) is 30.3 Å². The van der Waals surface area contributed by atoms with Crippen molar-refractivity contribution in [1.29, 1.82) is 0 Å². The van der Waals surface area contributed by atoms with Crippen LogP contribution in [-0.2, 0) is 6.54 Å². The number of aryl methyl sites for hydroxylation is 1. The summed E-state index contributed by atoms with van der Waals surface area (Å²) in [4.78, 5) is 7.13. The lowest BCUT2D eigenvalue weighted by atomic mass is 9.96. The van der Waals surface area contributed by atoms with E-state index in [1.54, 1.807) is 11.3 Å². The molecule has 1 aromatic carbocycles. The molecule has 0 spiro atoms. The maximum Gasteiger partial charge on any atom is 0.0907 e. The molecule has 1 N–H and O–H groups in total. The van der Waals surface area contributed by atoms with Crippen LogP contribution in [0.2, 0.25) is 0 Å². The molecule has 122 valence electrons. The minimum absolute atomic E-state index is 0. The Morgan fingerprint density at radius 3 is 2.82 bits per heavy atom. The largest absolute Gasteiger partial charge is 0.317 e. The van der Waals surface area contributed by atoms with E-state index in [1.807, 2.05) is 0 Å². The second-order valence-corrected chi connectivity index (χ2v) is 7.30. The zero-order valence-electron chi connectivity index (χ0n) is 13.5. The highest BCUT2D eigenvalue weighted by Crippen LogP contribution is 2.24. The number of hydrogen-bond donors (Lipinski definition) is 1. The summed E-state index contributed by atoms with van der Waals surface area (Å²) in [5, 5.41) is 4.64. The summed E-state index contributed by atoms with van der Waals surface area (Å²) in [6, 6.07) is 6.74. The molecule has 0 atom stereocenters. The van der Waals surface area contributed by atoms with Gasteiger partial charge in [-0.15, -0.1) is 23.7 Å². The van der Waals surface area contributed by atoms with Crippen molar-refractivity contribution in [3.8, 4) is 0 Å². The zero-order valence-corrected chi connectivity index (χ0v) is 15.1. The highest BCUT2D eigenvalue weighted by atomic mass is 35.5. The second kappa shape index (κ2) is 8.25. The maximum absolute atomic E-state index is 4.54. The molecule has 0 radical (unpaired) electrons. The average molecular weight is 340 g/mol. The van der Waals surface area contributed by atoms with Crippen molar-refractivity contribution in [2.45, 2.75) is 33.2 Å². The first-order chi connectivity index (χ1) is 10.2. The van der Waals surface area contributed by atoms with Gasteiger partial charge in [0.25, 0.3) is 0 Å². The van der Waals surface area contributed by atoms with Crippen LogP contribution < -0.4 is 5.32 Å². The normalized spacial score (nSPS) is 16.8. The molecule has 1 aromatic heterocycles. The van der Waals surface area contributed by atoms with Gasteiger partial charge in [0.15, 0.2) is 0 Å². The molecular formula is C17H26ClN3S. The van der Waals surface area contributed by atoms with Crippen LogP contribution >= 0.6 is 23.7 Å². The monoisotopic (exact) mass is 339 g/mol. The summed E-state index contributed by atoms with van der Waals surface area (Å²) in [5.41, 5.74) is 2.57. The highest BCUT2D eigenvalue weighted by molar-refractivity contribution is 7.18. The van der Waals surface area contributed by atoms with Crippen LogP contribution in [0, 0.1) is 12.8 Å². The van der Waals surface area contributed by atoms with Crippen LogP contribution in [0.4, 0.5) is 0 Å². The Bertz CT molecular complexity index is 591. The lowest BCUT2D eigenvalue weighted by Crippen LogP contribution is -2.36. The van der Waals surface area contributed by atoms with E-state index >= 15 is 0 Å². The van der Waals surface area contributed by atoms with E-state index in [0.717, 1.165) is 29.5 Å². The molecule has 1 saturated heterocycles. The molecule has 0 bridgehead atoms. The Hall–Kier alpha value is -0.680. The third kappa shape index (κ3) is 4.42. The van der Waals surface area contributed by atoms with E-state index < -0.39 is 0 Å². The summed E-state index contributed by atoms with van der Waals surface area (Å²) in [5.74, 6) is 0.868. The number of nitrogens with one attached hydrogen (secondary N) is 1. The van der Waals surface area contributed by atoms with Gasteiger partial charge in [-0.05, 0) is 69.6 Å². The van der Waals surface area contributed by atoms with Gasteiger partial charge in [0.2, 0.25) is 0 Å². The minimum Gasteiger partial charge on any atom is -0.317 e. The summed E-state index contributed by atoms with van der Waals surface area (Å²) in [6.07, 6.45) is 2.66.